The van der Waals surface area contributed by atoms with Gasteiger partial charge in [-0.25, -0.2) is 9.67 Å². The molecule has 3 aromatic rings. The van der Waals surface area contributed by atoms with Gasteiger partial charge in [0.2, 0.25) is 11.7 Å². The van der Waals surface area contributed by atoms with Crippen LogP contribution in [0.2, 0.25) is 10.0 Å². The molecular weight excluding hydrogens is 481 g/mol. The van der Waals surface area contributed by atoms with Gasteiger partial charge in [-0.3, -0.25) is 10.3 Å². The number of hydrogen-bond donors (Lipinski definition) is 2. The monoisotopic (exact) mass is 501 g/mol. The SMILES string of the molecule is CN=C(NC#N)Nc1cccc(OC[C@@H]2CO[C@@](Cn3cncn3)(c3ccc(Cl)cc3Cl)O2)c1. The fourth-order valence-corrected chi connectivity index (χ4v) is 4.02. The molecule has 1 aromatic heterocycles. The number of aliphatic imine (C=N–C) groups is 1. The van der Waals surface area contributed by atoms with Crippen LogP contribution in [0.25, 0.3) is 0 Å². The van der Waals surface area contributed by atoms with E-state index in [4.69, 9.17) is 42.7 Å². The standard InChI is InChI=1S/C22H21Cl2N7O3/c1-26-21(28-12-25)30-16-3-2-4-17(8-16)32-9-18-10-33-22(34-18,11-31-14-27-13-29-31)19-6-5-15(23)7-20(19)24/h2-8,13-14,18H,9-11H2,1H3,(H2,26,28,30)/t18-,22-/m1/s1. The number of benzene rings is 2. The molecular formula is C22H21Cl2N7O3. The molecule has 0 radical (unpaired) electrons. The van der Waals surface area contributed by atoms with Gasteiger partial charge in [0.25, 0.3) is 0 Å². The largest absolute Gasteiger partial charge is 0.491 e. The maximum absolute atomic E-state index is 8.79. The van der Waals surface area contributed by atoms with Crippen LogP contribution >= 0.6 is 23.2 Å². The predicted octanol–water partition coefficient (Wildman–Crippen LogP) is 3.40. The summed E-state index contributed by atoms with van der Waals surface area (Å²) in [5.74, 6) is -0.244. The third-order valence-corrected chi connectivity index (χ3v) is 5.52. The van der Waals surface area contributed by atoms with E-state index in [1.165, 1.54) is 6.33 Å². The fraction of sp³-hybridized carbons (Fsp3) is 0.273. The van der Waals surface area contributed by atoms with Crippen LogP contribution in [0.5, 0.6) is 5.75 Å². The van der Waals surface area contributed by atoms with Crippen LogP contribution in [0.4, 0.5) is 5.69 Å². The minimum Gasteiger partial charge on any atom is -0.491 e. The summed E-state index contributed by atoms with van der Waals surface area (Å²) in [4.78, 5) is 7.96. The Morgan fingerprint density at radius 3 is 2.97 bits per heavy atom. The van der Waals surface area contributed by atoms with Gasteiger partial charge in [0.1, 0.15) is 37.7 Å². The van der Waals surface area contributed by atoms with Gasteiger partial charge >= 0.3 is 0 Å². The van der Waals surface area contributed by atoms with Crippen molar-refractivity contribution in [3.8, 4) is 11.9 Å². The summed E-state index contributed by atoms with van der Waals surface area (Å²) in [5, 5.41) is 19.4. The minimum atomic E-state index is -1.18. The van der Waals surface area contributed by atoms with Crippen molar-refractivity contribution in [3.63, 3.8) is 0 Å². The molecule has 2 aromatic carbocycles. The first-order chi connectivity index (χ1) is 16.5. The van der Waals surface area contributed by atoms with E-state index in [0.717, 1.165) is 0 Å². The molecule has 0 spiro atoms. The molecule has 0 amide bonds. The highest BCUT2D eigenvalue weighted by molar-refractivity contribution is 6.35. The van der Waals surface area contributed by atoms with Crippen molar-refractivity contribution in [2.75, 3.05) is 25.6 Å². The summed E-state index contributed by atoms with van der Waals surface area (Å²) in [6.07, 6.45) is 4.47. The third kappa shape index (κ3) is 5.58. The summed E-state index contributed by atoms with van der Waals surface area (Å²) in [6.45, 7) is 0.762. The van der Waals surface area contributed by atoms with Crippen molar-refractivity contribution < 1.29 is 14.2 Å². The second-order valence-electron chi connectivity index (χ2n) is 7.29. The Morgan fingerprint density at radius 1 is 1.35 bits per heavy atom. The molecule has 34 heavy (non-hydrogen) atoms. The topological polar surface area (TPSA) is 119 Å². The summed E-state index contributed by atoms with van der Waals surface area (Å²) in [6, 6.07) is 12.4. The second-order valence-corrected chi connectivity index (χ2v) is 8.14. The first-order valence-corrected chi connectivity index (χ1v) is 11.0. The van der Waals surface area contributed by atoms with Gasteiger partial charge in [0.05, 0.1) is 11.6 Å². The summed E-state index contributed by atoms with van der Waals surface area (Å²) in [5.41, 5.74) is 1.34. The molecule has 176 valence electrons. The zero-order valence-electron chi connectivity index (χ0n) is 18.1. The van der Waals surface area contributed by atoms with Gasteiger partial charge in [-0.15, -0.1) is 0 Å². The summed E-state index contributed by atoms with van der Waals surface area (Å²) < 4.78 is 20.1. The van der Waals surface area contributed by atoms with Gasteiger partial charge in [-0.2, -0.15) is 10.4 Å². The maximum Gasteiger partial charge on any atom is 0.217 e. The highest BCUT2D eigenvalue weighted by Gasteiger charge is 2.45. The molecule has 1 aliphatic heterocycles. The van der Waals surface area contributed by atoms with Crippen molar-refractivity contribution in [1.29, 1.82) is 5.26 Å². The number of ether oxygens (including phenoxy) is 3. The quantitative estimate of drug-likeness (QED) is 0.219. The van der Waals surface area contributed by atoms with E-state index in [1.807, 2.05) is 24.4 Å². The van der Waals surface area contributed by atoms with E-state index in [0.29, 0.717) is 33.0 Å². The first kappa shape index (κ1) is 23.8. The highest BCUT2D eigenvalue weighted by atomic mass is 35.5. The molecule has 0 unspecified atom stereocenters. The lowest BCUT2D eigenvalue weighted by molar-refractivity contribution is -0.190. The fourth-order valence-electron chi connectivity index (χ4n) is 3.47. The van der Waals surface area contributed by atoms with E-state index in [2.05, 4.69) is 25.7 Å². The lowest BCUT2D eigenvalue weighted by atomic mass is 10.1. The molecule has 2 atom stereocenters. The normalized spacial score (nSPS) is 20.1. The van der Waals surface area contributed by atoms with E-state index in [1.54, 1.807) is 42.3 Å². The van der Waals surface area contributed by atoms with Crippen LogP contribution in [0.15, 0.2) is 60.1 Å². The smallest absolute Gasteiger partial charge is 0.217 e. The molecule has 1 aliphatic rings. The predicted molar refractivity (Wildman–Crippen MR) is 127 cm³/mol. The van der Waals surface area contributed by atoms with Crippen molar-refractivity contribution in [2.24, 2.45) is 4.99 Å². The second kappa shape index (κ2) is 10.7. The number of nitrogens with one attached hydrogen (secondary N) is 2. The number of hydrogen-bond acceptors (Lipinski definition) is 7. The van der Waals surface area contributed by atoms with Crippen molar-refractivity contribution >= 4 is 34.8 Å². The Morgan fingerprint density at radius 2 is 2.24 bits per heavy atom. The maximum atomic E-state index is 8.79. The average Bonchev–Trinajstić information content (AvgIpc) is 3.48. The van der Waals surface area contributed by atoms with Crippen LogP contribution in [-0.2, 0) is 21.8 Å². The molecule has 10 nitrogen and oxygen atoms in total. The van der Waals surface area contributed by atoms with E-state index < -0.39 is 5.79 Å². The van der Waals surface area contributed by atoms with Crippen molar-refractivity contribution in [1.82, 2.24) is 20.1 Å². The Labute approximate surface area is 206 Å². The van der Waals surface area contributed by atoms with Gasteiger partial charge in [0.15, 0.2) is 6.19 Å². The molecule has 2 N–H and O–H groups in total. The number of halogens is 2. The minimum absolute atomic E-state index is 0.235. The zero-order valence-corrected chi connectivity index (χ0v) is 19.6. The van der Waals surface area contributed by atoms with Gasteiger partial charge in [0, 0.05) is 29.4 Å². The highest BCUT2D eigenvalue weighted by Crippen LogP contribution is 2.40. The number of nitriles is 1. The Kier molecular flexibility index (Phi) is 7.49. The number of anilines is 1. The molecule has 0 bridgehead atoms. The Bertz CT molecular complexity index is 1200. The van der Waals surface area contributed by atoms with Crippen LogP contribution in [0, 0.1) is 11.5 Å². The summed E-state index contributed by atoms with van der Waals surface area (Å²) >= 11 is 12.6. The Hall–Kier alpha value is -3.36. The van der Waals surface area contributed by atoms with Gasteiger partial charge < -0.3 is 19.5 Å². The van der Waals surface area contributed by atoms with Crippen LogP contribution in [0.1, 0.15) is 5.56 Å². The van der Waals surface area contributed by atoms with Crippen LogP contribution in [0.3, 0.4) is 0 Å². The molecule has 1 fully saturated rings. The molecule has 1 saturated heterocycles. The third-order valence-electron chi connectivity index (χ3n) is 4.97. The number of nitrogens with zero attached hydrogens (tertiary/aromatic N) is 5. The number of rotatable bonds is 7. The van der Waals surface area contributed by atoms with Crippen LogP contribution in [-0.4, -0.2) is 47.1 Å². The molecule has 2 heterocycles. The lowest BCUT2D eigenvalue weighted by Crippen LogP contribution is -2.35. The van der Waals surface area contributed by atoms with E-state index >= 15 is 0 Å². The van der Waals surface area contributed by atoms with Crippen molar-refractivity contribution in [2.45, 2.75) is 18.4 Å². The van der Waals surface area contributed by atoms with Gasteiger partial charge in [-0.05, 0) is 24.3 Å². The molecule has 0 aliphatic carbocycles. The van der Waals surface area contributed by atoms with Crippen LogP contribution < -0.4 is 15.4 Å². The summed E-state index contributed by atoms with van der Waals surface area (Å²) in [7, 11) is 1.57. The number of aromatic nitrogens is 3. The molecule has 0 saturated carbocycles. The van der Waals surface area contributed by atoms with E-state index in [9.17, 15) is 0 Å². The molecule has 4 rings (SSSR count). The van der Waals surface area contributed by atoms with E-state index in [-0.39, 0.29) is 25.9 Å². The number of guanidine groups is 1. The zero-order chi connectivity index (χ0) is 24.0. The van der Waals surface area contributed by atoms with Crippen molar-refractivity contribution in [3.05, 3.63) is 70.7 Å². The Balaban J connectivity index is 1.46. The first-order valence-electron chi connectivity index (χ1n) is 10.2. The average molecular weight is 502 g/mol. The molecule has 12 heteroatoms. The van der Waals surface area contributed by atoms with Gasteiger partial charge in [-0.1, -0.05) is 35.3 Å². The lowest BCUT2D eigenvalue weighted by Gasteiger charge is -2.29.